The van der Waals surface area contributed by atoms with Crippen LogP contribution in [-0.2, 0) is 9.84 Å². The zero-order valence-electron chi connectivity index (χ0n) is 13.0. The number of aromatic carboxylic acids is 1. The van der Waals surface area contributed by atoms with Gasteiger partial charge in [0.15, 0.2) is 0 Å². The number of carboxylic acids is 1. The molecule has 0 fully saturated rings. The standard InChI is InChI=1S/C16H14ClNO6S/c1-23-13-5-3-10(17)7-14(13)25(21,22)15-8-18-11-6-9(16(19)20)2-4-12(11)24-15/h2-7,15,18H,8H2,1H3,(H,19,20). The van der Waals surface area contributed by atoms with Crippen LogP contribution in [0.3, 0.4) is 0 Å². The van der Waals surface area contributed by atoms with E-state index in [1.165, 1.54) is 43.5 Å². The molecule has 2 N–H and O–H groups in total. The molecular formula is C16H14ClNO6S. The number of carbonyl (C=O) groups is 1. The summed E-state index contributed by atoms with van der Waals surface area (Å²) in [6, 6.07) is 8.46. The van der Waals surface area contributed by atoms with Crippen molar-refractivity contribution in [2.24, 2.45) is 0 Å². The van der Waals surface area contributed by atoms with E-state index in [2.05, 4.69) is 5.32 Å². The van der Waals surface area contributed by atoms with Crippen molar-refractivity contribution in [2.45, 2.75) is 10.3 Å². The van der Waals surface area contributed by atoms with Gasteiger partial charge in [0.05, 0.1) is 24.9 Å². The maximum atomic E-state index is 12.9. The Morgan fingerprint density at radius 3 is 2.76 bits per heavy atom. The number of halogens is 1. The number of anilines is 1. The number of nitrogens with one attached hydrogen (secondary N) is 1. The molecule has 0 bridgehead atoms. The maximum absolute atomic E-state index is 12.9. The summed E-state index contributed by atoms with van der Waals surface area (Å²) in [6.07, 6.45) is 0. The van der Waals surface area contributed by atoms with Gasteiger partial charge in [-0.3, -0.25) is 0 Å². The summed E-state index contributed by atoms with van der Waals surface area (Å²) in [5.74, 6) is -0.658. The van der Waals surface area contributed by atoms with Gasteiger partial charge < -0.3 is 19.9 Å². The Balaban J connectivity index is 1.96. The Hall–Kier alpha value is -2.45. The van der Waals surface area contributed by atoms with Crippen LogP contribution in [0.1, 0.15) is 10.4 Å². The van der Waals surface area contributed by atoms with Gasteiger partial charge in [0.2, 0.25) is 15.3 Å². The molecule has 2 aromatic rings. The normalized spacial score (nSPS) is 16.3. The average molecular weight is 384 g/mol. The zero-order chi connectivity index (χ0) is 18.2. The molecule has 0 saturated heterocycles. The summed E-state index contributed by atoms with van der Waals surface area (Å²) in [7, 11) is -2.54. The van der Waals surface area contributed by atoms with Crippen LogP contribution in [0.15, 0.2) is 41.3 Å². The number of fused-ring (bicyclic) bond motifs is 1. The van der Waals surface area contributed by atoms with E-state index in [1.807, 2.05) is 0 Å². The average Bonchev–Trinajstić information content (AvgIpc) is 2.60. The fraction of sp³-hybridized carbons (Fsp3) is 0.188. The number of ether oxygens (including phenoxy) is 2. The van der Waals surface area contributed by atoms with E-state index in [0.29, 0.717) is 5.69 Å². The van der Waals surface area contributed by atoms with E-state index in [9.17, 15) is 13.2 Å². The monoisotopic (exact) mass is 383 g/mol. The number of rotatable bonds is 4. The molecule has 0 saturated carbocycles. The Labute approximate surface area is 149 Å². The molecule has 0 radical (unpaired) electrons. The summed E-state index contributed by atoms with van der Waals surface area (Å²) >= 11 is 5.91. The SMILES string of the molecule is COc1ccc(Cl)cc1S(=O)(=O)C1CNc2cc(C(=O)O)ccc2O1. The molecule has 1 aliphatic heterocycles. The van der Waals surface area contributed by atoms with Crippen LogP contribution in [0.25, 0.3) is 0 Å². The van der Waals surface area contributed by atoms with Crippen molar-refractivity contribution in [3.63, 3.8) is 0 Å². The quantitative estimate of drug-likeness (QED) is 0.836. The van der Waals surface area contributed by atoms with Crippen LogP contribution in [0.4, 0.5) is 5.69 Å². The molecular weight excluding hydrogens is 370 g/mol. The second kappa shape index (κ2) is 6.45. The lowest BCUT2D eigenvalue weighted by Gasteiger charge is -2.27. The first kappa shape index (κ1) is 17.4. The number of sulfone groups is 1. The van der Waals surface area contributed by atoms with Crippen LogP contribution in [0.5, 0.6) is 11.5 Å². The largest absolute Gasteiger partial charge is 0.495 e. The Bertz CT molecular complexity index is 944. The van der Waals surface area contributed by atoms with Gasteiger partial charge in [-0.2, -0.15) is 0 Å². The second-order valence-electron chi connectivity index (χ2n) is 5.28. The molecule has 1 unspecified atom stereocenters. The number of hydrogen-bond acceptors (Lipinski definition) is 6. The topological polar surface area (TPSA) is 102 Å². The maximum Gasteiger partial charge on any atom is 0.335 e. The predicted molar refractivity (Wildman–Crippen MR) is 91.5 cm³/mol. The van der Waals surface area contributed by atoms with Gasteiger partial charge in [-0.1, -0.05) is 11.6 Å². The van der Waals surface area contributed by atoms with E-state index in [0.717, 1.165) is 0 Å². The highest BCUT2D eigenvalue weighted by Gasteiger charge is 2.35. The van der Waals surface area contributed by atoms with Crippen LogP contribution >= 0.6 is 11.6 Å². The molecule has 1 atom stereocenters. The van der Waals surface area contributed by atoms with Crippen LogP contribution in [0, 0.1) is 0 Å². The lowest BCUT2D eigenvalue weighted by Crippen LogP contribution is -2.38. The molecule has 9 heteroatoms. The molecule has 0 amide bonds. The molecule has 0 aromatic heterocycles. The van der Waals surface area contributed by atoms with Gasteiger partial charge in [0, 0.05) is 5.02 Å². The predicted octanol–water partition coefficient (Wildman–Crippen LogP) is 2.65. The minimum Gasteiger partial charge on any atom is -0.495 e. The fourth-order valence-electron chi connectivity index (χ4n) is 2.47. The first-order chi connectivity index (χ1) is 11.8. The Kier molecular flexibility index (Phi) is 4.49. The van der Waals surface area contributed by atoms with Crippen molar-refractivity contribution in [1.29, 1.82) is 0 Å². The molecule has 0 spiro atoms. The molecule has 1 aliphatic rings. The molecule has 1 heterocycles. The summed E-state index contributed by atoms with van der Waals surface area (Å²) in [6.45, 7) is -0.0475. The highest BCUT2D eigenvalue weighted by Crippen LogP contribution is 2.35. The van der Waals surface area contributed by atoms with Crippen LogP contribution in [-0.4, -0.2) is 38.6 Å². The number of benzene rings is 2. The van der Waals surface area contributed by atoms with Crippen molar-refractivity contribution in [2.75, 3.05) is 19.0 Å². The van der Waals surface area contributed by atoms with Gasteiger partial charge in [-0.15, -0.1) is 0 Å². The second-order valence-corrected chi connectivity index (χ2v) is 7.78. The minimum atomic E-state index is -3.91. The highest BCUT2D eigenvalue weighted by atomic mass is 35.5. The van der Waals surface area contributed by atoms with Crippen molar-refractivity contribution in [3.05, 3.63) is 47.0 Å². The van der Waals surface area contributed by atoms with Crippen LogP contribution in [0.2, 0.25) is 5.02 Å². The van der Waals surface area contributed by atoms with E-state index < -0.39 is 21.2 Å². The fourth-order valence-corrected chi connectivity index (χ4v) is 4.24. The summed E-state index contributed by atoms with van der Waals surface area (Å²) in [5, 5.41) is 12.2. The zero-order valence-corrected chi connectivity index (χ0v) is 14.6. The first-order valence-corrected chi connectivity index (χ1v) is 9.10. The molecule has 2 aromatic carbocycles. The van der Waals surface area contributed by atoms with Crippen molar-refractivity contribution in [1.82, 2.24) is 0 Å². The van der Waals surface area contributed by atoms with Gasteiger partial charge in [-0.25, -0.2) is 13.2 Å². The smallest absolute Gasteiger partial charge is 0.335 e. The third-order valence-electron chi connectivity index (χ3n) is 3.72. The number of carboxylic acid groups (broad SMARTS) is 1. The molecule has 132 valence electrons. The molecule has 0 aliphatic carbocycles. The van der Waals surface area contributed by atoms with Gasteiger partial charge >= 0.3 is 5.97 Å². The summed E-state index contributed by atoms with van der Waals surface area (Å²) in [5.41, 5.74) is -0.708. The lowest BCUT2D eigenvalue weighted by molar-refractivity contribution is 0.0697. The van der Waals surface area contributed by atoms with Crippen LogP contribution < -0.4 is 14.8 Å². The van der Waals surface area contributed by atoms with Crippen molar-refractivity contribution < 1.29 is 27.8 Å². The highest BCUT2D eigenvalue weighted by molar-refractivity contribution is 7.92. The molecule has 7 nitrogen and oxygen atoms in total. The minimum absolute atomic E-state index is 0.0475. The third kappa shape index (κ3) is 3.22. The van der Waals surface area contributed by atoms with E-state index in [1.54, 1.807) is 0 Å². The summed E-state index contributed by atoms with van der Waals surface area (Å²) in [4.78, 5) is 10.9. The number of hydrogen-bond donors (Lipinski definition) is 2. The third-order valence-corrected chi connectivity index (χ3v) is 5.84. The van der Waals surface area contributed by atoms with Gasteiger partial charge in [0.1, 0.15) is 16.4 Å². The van der Waals surface area contributed by atoms with E-state index in [-0.39, 0.29) is 33.5 Å². The van der Waals surface area contributed by atoms with Gasteiger partial charge in [0.25, 0.3) is 0 Å². The van der Waals surface area contributed by atoms with E-state index >= 15 is 0 Å². The Morgan fingerprint density at radius 2 is 2.08 bits per heavy atom. The first-order valence-electron chi connectivity index (χ1n) is 7.18. The number of methoxy groups -OCH3 is 1. The van der Waals surface area contributed by atoms with Crippen molar-refractivity contribution >= 4 is 33.1 Å². The van der Waals surface area contributed by atoms with E-state index in [4.69, 9.17) is 26.2 Å². The molecule has 25 heavy (non-hydrogen) atoms. The summed E-state index contributed by atoms with van der Waals surface area (Å²) < 4.78 is 36.5. The van der Waals surface area contributed by atoms with Gasteiger partial charge in [-0.05, 0) is 36.4 Å². The van der Waals surface area contributed by atoms with Crippen molar-refractivity contribution in [3.8, 4) is 11.5 Å². The lowest BCUT2D eigenvalue weighted by atomic mass is 10.1. The molecule has 3 rings (SSSR count). The Morgan fingerprint density at radius 1 is 1.32 bits per heavy atom.